The fourth-order valence-corrected chi connectivity index (χ4v) is 3.98. The van der Waals surface area contributed by atoms with E-state index in [0.29, 0.717) is 26.1 Å². The maximum absolute atomic E-state index is 12.1. The van der Waals surface area contributed by atoms with Gasteiger partial charge < -0.3 is 19.7 Å². The Balaban J connectivity index is 1.48. The molecule has 1 aromatic rings. The Hall–Kier alpha value is -2.35. The minimum atomic E-state index is -0.967. The van der Waals surface area contributed by atoms with E-state index in [9.17, 15) is 19.5 Å². The van der Waals surface area contributed by atoms with Crippen LogP contribution in [0.3, 0.4) is 0 Å². The lowest BCUT2D eigenvalue weighted by Crippen LogP contribution is -2.55. The Morgan fingerprint density at radius 3 is 2.70 bits per heavy atom. The molecule has 1 unspecified atom stereocenters. The lowest BCUT2D eigenvalue weighted by Gasteiger charge is -2.48. The van der Waals surface area contributed by atoms with Gasteiger partial charge in [-0.2, -0.15) is 0 Å². The largest absolute Gasteiger partial charge is 0.480 e. The van der Waals surface area contributed by atoms with Gasteiger partial charge in [-0.3, -0.25) is 14.5 Å². The van der Waals surface area contributed by atoms with Crippen LogP contribution in [0.5, 0.6) is 0 Å². The van der Waals surface area contributed by atoms with E-state index in [2.05, 4.69) is 10.2 Å². The van der Waals surface area contributed by atoms with Crippen LogP contribution in [0.25, 0.3) is 0 Å². The monoisotopic (exact) mass is 377 g/mol. The van der Waals surface area contributed by atoms with Crippen molar-refractivity contribution in [1.82, 2.24) is 15.1 Å². The minimum absolute atomic E-state index is 0.0290. The van der Waals surface area contributed by atoms with Gasteiger partial charge in [0.05, 0.1) is 19.4 Å². The highest BCUT2D eigenvalue weighted by atomic mass is 16.4. The van der Waals surface area contributed by atoms with Crippen molar-refractivity contribution < 1.29 is 23.9 Å². The molecule has 2 N–H and O–H groups in total. The number of carboxylic acid groups (broad SMARTS) is 1. The molecule has 2 aliphatic rings. The molecule has 2 amide bonds. The number of rotatable bonds is 6. The third-order valence-corrected chi connectivity index (χ3v) is 5.84. The van der Waals surface area contributed by atoms with Crippen LogP contribution in [0.1, 0.15) is 38.4 Å². The second-order valence-electron chi connectivity index (χ2n) is 7.67. The Morgan fingerprint density at radius 1 is 1.33 bits per heavy atom. The molecular formula is C19H27N3O5. The van der Waals surface area contributed by atoms with Gasteiger partial charge in [0.25, 0.3) is 0 Å². The molecule has 3 rings (SSSR count). The molecular weight excluding hydrogens is 350 g/mol. The summed E-state index contributed by atoms with van der Waals surface area (Å²) in [5.41, 5.74) is -0.0290. The van der Waals surface area contributed by atoms with Crippen LogP contribution in [0.15, 0.2) is 22.8 Å². The number of nitrogens with one attached hydrogen (secondary N) is 1. The maximum Gasteiger partial charge on any atom is 0.326 e. The standard InChI is InChI=1S/C19H27N3O5/c1-14(18(25)26)22-13-19(5-4-17(22)24)6-8-21(9-7-19)12-16(23)20-11-15-3-2-10-27-15/h2-3,10,14H,4-9,11-13H2,1H3,(H,20,23)(H,25,26). The fraction of sp³-hybridized carbons (Fsp3) is 0.632. The van der Waals surface area contributed by atoms with Crippen LogP contribution in [-0.2, 0) is 20.9 Å². The first-order chi connectivity index (χ1) is 12.9. The molecule has 1 aromatic heterocycles. The van der Waals surface area contributed by atoms with Gasteiger partial charge >= 0.3 is 5.97 Å². The van der Waals surface area contributed by atoms with Gasteiger partial charge in [-0.25, -0.2) is 4.79 Å². The summed E-state index contributed by atoms with van der Waals surface area (Å²) in [6.07, 6.45) is 4.52. The van der Waals surface area contributed by atoms with E-state index in [4.69, 9.17) is 4.42 Å². The van der Waals surface area contributed by atoms with Crippen LogP contribution in [0.4, 0.5) is 0 Å². The van der Waals surface area contributed by atoms with Crippen molar-refractivity contribution in [3.8, 4) is 0 Å². The second kappa shape index (κ2) is 8.12. The smallest absolute Gasteiger partial charge is 0.326 e. The summed E-state index contributed by atoms with van der Waals surface area (Å²) in [6.45, 7) is 4.34. The summed E-state index contributed by atoms with van der Waals surface area (Å²) in [5.74, 6) is -0.357. The summed E-state index contributed by atoms with van der Waals surface area (Å²) in [6, 6.07) is 2.81. The van der Waals surface area contributed by atoms with Crippen molar-refractivity contribution in [1.29, 1.82) is 0 Å². The molecule has 2 aliphatic heterocycles. The number of aliphatic carboxylic acids is 1. The first-order valence-corrected chi connectivity index (χ1v) is 9.42. The van der Waals surface area contributed by atoms with Crippen LogP contribution >= 0.6 is 0 Å². The molecule has 2 fully saturated rings. The highest BCUT2D eigenvalue weighted by molar-refractivity contribution is 5.84. The van der Waals surface area contributed by atoms with Gasteiger partial charge in [-0.05, 0) is 56.8 Å². The number of hydrogen-bond donors (Lipinski definition) is 2. The predicted molar refractivity (Wildman–Crippen MR) is 96.7 cm³/mol. The van der Waals surface area contributed by atoms with Crippen LogP contribution in [0.2, 0.25) is 0 Å². The first-order valence-electron chi connectivity index (χ1n) is 9.42. The number of likely N-dealkylation sites (tertiary alicyclic amines) is 2. The normalized spacial score (nSPS) is 21.2. The van der Waals surface area contributed by atoms with E-state index < -0.39 is 12.0 Å². The maximum atomic E-state index is 12.1. The first kappa shape index (κ1) is 19.4. The third kappa shape index (κ3) is 4.68. The lowest BCUT2D eigenvalue weighted by atomic mass is 9.72. The Kier molecular flexibility index (Phi) is 5.84. The summed E-state index contributed by atoms with van der Waals surface area (Å²) >= 11 is 0. The average Bonchev–Trinajstić information content (AvgIpc) is 3.17. The van der Waals surface area contributed by atoms with Gasteiger partial charge in [0.1, 0.15) is 11.8 Å². The number of carboxylic acids is 1. The molecule has 1 spiro atoms. The molecule has 3 heterocycles. The summed E-state index contributed by atoms with van der Waals surface area (Å²) < 4.78 is 5.20. The average molecular weight is 377 g/mol. The number of hydrogen-bond acceptors (Lipinski definition) is 5. The van der Waals surface area contributed by atoms with Crippen molar-refractivity contribution in [2.45, 2.75) is 45.2 Å². The van der Waals surface area contributed by atoms with Crippen molar-refractivity contribution in [2.24, 2.45) is 5.41 Å². The van der Waals surface area contributed by atoms with Crippen molar-refractivity contribution >= 4 is 17.8 Å². The van der Waals surface area contributed by atoms with E-state index in [-0.39, 0.29) is 17.2 Å². The minimum Gasteiger partial charge on any atom is -0.480 e. The zero-order chi connectivity index (χ0) is 19.4. The van der Waals surface area contributed by atoms with Crippen molar-refractivity contribution in [2.75, 3.05) is 26.2 Å². The molecule has 0 radical (unpaired) electrons. The zero-order valence-corrected chi connectivity index (χ0v) is 15.6. The number of carbonyl (C=O) groups is 3. The van der Waals surface area contributed by atoms with E-state index in [0.717, 1.165) is 38.1 Å². The molecule has 0 bridgehead atoms. The van der Waals surface area contributed by atoms with Gasteiger partial charge in [-0.1, -0.05) is 0 Å². The molecule has 2 saturated heterocycles. The number of furan rings is 1. The third-order valence-electron chi connectivity index (χ3n) is 5.84. The quantitative estimate of drug-likeness (QED) is 0.769. The molecule has 148 valence electrons. The summed E-state index contributed by atoms with van der Waals surface area (Å²) in [5, 5.41) is 12.1. The number of carbonyl (C=O) groups excluding carboxylic acids is 2. The molecule has 0 aliphatic carbocycles. The van der Waals surface area contributed by atoms with Gasteiger partial charge in [0.2, 0.25) is 11.8 Å². The van der Waals surface area contributed by atoms with Crippen LogP contribution in [-0.4, -0.2) is 64.9 Å². The van der Waals surface area contributed by atoms with E-state index in [1.165, 1.54) is 4.90 Å². The van der Waals surface area contributed by atoms with Gasteiger partial charge in [0.15, 0.2) is 0 Å². The number of nitrogens with zero attached hydrogens (tertiary/aromatic N) is 2. The van der Waals surface area contributed by atoms with Crippen LogP contribution in [0, 0.1) is 5.41 Å². The fourth-order valence-electron chi connectivity index (χ4n) is 3.98. The lowest BCUT2D eigenvalue weighted by molar-refractivity contribution is -0.155. The summed E-state index contributed by atoms with van der Waals surface area (Å²) in [7, 11) is 0. The molecule has 1 atom stereocenters. The van der Waals surface area contributed by atoms with Crippen molar-refractivity contribution in [3.63, 3.8) is 0 Å². The predicted octanol–water partition coefficient (Wildman–Crippen LogP) is 1.07. The molecule has 0 saturated carbocycles. The Bertz CT molecular complexity index is 680. The number of piperidine rings is 2. The zero-order valence-electron chi connectivity index (χ0n) is 15.6. The second-order valence-corrected chi connectivity index (χ2v) is 7.67. The highest BCUT2D eigenvalue weighted by Crippen LogP contribution is 2.40. The molecule has 8 heteroatoms. The van der Waals surface area contributed by atoms with Gasteiger partial charge in [-0.15, -0.1) is 0 Å². The Morgan fingerprint density at radius 2 is 2.07 bits per heavy atom. The highest BCUT2D eigenvalue weighted by Gasteiger charge is 2.43. The van der Waals surface area contributed by atoms with Crippen molar-refractivity contribution in [3.05, 3.63) is 24.2 Å². The molecule has 8 nitrogen and oxygen atoms in total. The Labute approximate surface area is 158 Å². The van der Waals surface area contributed by atoms with Crippen LogP contribution < -0.4 is 5.32 Å². The SMILES string of the molecule is CC(C(=O)O)N1CC2(CCC1=O)CCN(CC(=O)NCc1ccco1)CC2. The number of amides is 2. The van der Waals surface area contributed by atoms with E-state index >= 15 is 0 Å². The van der Waals surface area contributed by atoms with Gasteiger partial charge in [0, 0.05) is 13.0 Å². The molecule has 27 heavy (non-hydrogen) atoms. The van der Waals surface area contributed by atoms with E-state index in [1.54, 1.807) is 19.3 Å². The van der Waals surface area contributed by atoms with E-state index in [1.807, 2.05) is 6.07 Å². The summed E-state index contributed by atoms with van der Waals surface area (Å²) in [4.78, 5) is 39.2. The molecule has 0 aromatic carbocycles. The topological polar surface area (TPSA) is 103 Å².